The number of rotatable bonds is 12. The fourth-order valence-electron chi connectivity index (χ4n) is 2.26. The number of hydrogen-bond acceptors (Lipinski definition) is 4. The molecule has 0 aliphatic heterocycles. The molecule has 0 spiro atoms. The van der Waals surface area contributed by atoms with Gasteiger partial charge in [-0.3, -0.25) is 4.21 Å². The van der Waals surface area contributed by atoms with Crippen LogP contribution < -0.4 is 9.47 Å². The summed E-state index contributed by atoms with van der Waals surface area (Å²) in [4.78, 5) is 1.97. The first-order valence-electron chi connectivity index (χ1n) is 8.97. The van der Waals surface area contributed by atoms with Crippen molar-refractivity contribution in [3.8, 4) is 11.5 Å². The Bertz CT molecular complexity index is 747. The van der Waals surface area contributed by atoms with Crippen LogP contribution in [0.1, 0.15) is 19.8 Å². The SMILES string of the molecule is CCS(=O)CCCOc1c(Cl)cc(Sc2ccc(OCCCCl)cc2)cc1Cl. The number of benzene rings is 2. The summed E-state index contributed by atoms with van der Waals surface area (Å²) in [6.45, 7) is 2.95. The average Bonchev–Trinajstić information content (AvgIpc) is 2.68. The van der Waals surface area contributed by atoms with Crippen molar-refractivity contribution in [2.75, 3.05) is 30.6 Å². The van der Waals surface area contributed by atoms with E-state index < -0.39 is 10.8 Å². The molecule has 0 fully saturated rings. The molecule has 2 aromatic rings. The minimum atomic E-state index is -0.791. The lowest BCUT2D eigenvalue weighted by Crippen LogP contribution is -2.06. The molecule has 0 bridgehead atoms. The average molecular weight is 482 g/mol. The van der Waals surface area contributed by atoms with E-state index in [1.807, 2.05) is 43.3 Å². The van der Waals surface area contributed by atoms with Gasteiger partial charge >= 0.3 is 0 Å². The van der Waals surface area contributed by atoms with Crippen LogP contribution in [0, 0.1) is 0 Å². The Hall–Kier alpha value is -0.590. The van der Waals surface area contributed by atoms with E-state index in [2.05, 4.69) is 0 Å². The quantitative estimate of drug-likeness (QED) is 0.250. The zero-order valence-electron chi connectivity index (χ0n) is 15.6. The standard InChI is InChI=1S/C20H23Cl3O3S2/c1-2-28(24)12-4-11-26-20-18(22)13-17(14-19(20)23)27-16-7-5-15(6-8-16)25-10-3-9-21/h5-8,13-14H,2-4,9-12H2,1H3. The van der Waals surface area contributed by atoms with Crippen LogP contribution in [0.25, 0.3) is 0 Å². The maximum absolute atomic E-state index is 11.4. The summed E-state index contributed by atoms with van der Waals surface area (Å²) in [5.74, 6) is 3.16. The van der Waals surface area contributed by atoms with Crippen LogP contribution in [0.15, 0.2) is 46.2 Å². The summed E-state index contributed by atoms with van der Waals surface area (Å²) in [5.41, 5.74) is 0. The molecule has 28 heavy (non-hydrogen) atoms. The van der Waals surface area contributed by atoms with Crippen LogP contribution in [-0.2, 0) is 10.8 Å². The van der Waals surface area contributed by atoms with Gasteiger partial charge in [-0.1, -0.05) is 41.9 Å². The number of ether oxygens (including phenoxy) is 2. The Labute approximate surface area is 188 Å². The first-order chi connectivity index (χ1) is 13.5. The highest BCUT2D eigenvalue weighted by Crippen LogP contribution is 2.39. The van der Waals surface area contributed by atoms with Gasteiger partial charge in [-0.15, -0.1) is 11.6 Å². The number of alkyl halides is 1. The third kappa shape index (κ3) is 8.03. The van der Waals surface area contributed by atoms with Crippen LogP contribution in [0.5, 0.6) is 11.5 Å². The molecular formula is C20H23Cl3O3S2. The van der Waals surface area contributed by atoms with Crippen LogP contribution in [0.2, 0.25) is 10.0 Å². The van der Waals surface area contributed by atoms with Gasteiger partial charge in [0.05, 0.1) is 23.3 Å². The van der Waals surface area contributed by atoms with Crippen molar-refractivity contribution in [2.24, 2.45) is 0 Å². The fourth-order valence-corrected chi connectivity index (χ4v) is 4.72. The van der Waals surface area contributed by atoms with Crippen molar-refractivity contribution in [1.82, 2.24) is 0 Å². The second kappa shape index (κ2) is 12.9. The zero-order chi connectivity index (χ0) is 20.4. The predicted molar refractivity (Wildman–Crippen MR) is 122 cm³/mol. The second-order valence-corrected chi connectivity index (χ2v) is 10.0. The van der Waals surface area contributed by atoms with E-state index in [0.717, 1.165) is 22.0 Å². The summed E-state index contributed by atoms with van der Waals surface area (Å²) in [6, 6.07) is 11.5. The molecule has 0 aliphatic rings. The molecule has 154 valence electrons. The maximum atomic E-state index is 11.4. The molecule has 2 aromatic carbocycles. The van der Waals surface area contributed by atoms with Gasteiger partial charge < -0.3 is 9.47 Å². The molecule has 2 rings (SSSR count). The largest absolute Gasteiger partial charge is 0.494 e. The normalized spacial score (nSPS) is 12.0. The summed E-state index contributed by atoms with van der Waals surface area (Å²) < 4.78 is 22.7. The summed E-state index contributed by atoms with van der Waals surface area (Å²) in [7, 11) is -0.791. The second-order valence-electron chi connectivity index (χ2n) is 5.82. The molecule has 0 radical (unpaired) electrons. The van der Waals surface area contributed by atoms with Gasteiger partial charge in [-0.05, 0) is 49.2 Å². The van der Waals surface area contributed by atoms with E-state index in [1.165, 1.54) is 0 Å². The van der Waals surface area contributed by atoms with Crippen molar-refractivity contribution in [1.29, 1.82) is 0 Å². The molecule has 0 N–H and O–H groups in total. The Morgan fingerprint density at radius 3 is 2.21 bits per heavy atom. The van der Waals surface area contributed by atoms with Gasteiger partial charge in [0.15, 0.2) is 5.75 Å². The van der Waals surface area contributed by atoms with Crippen molar-refractivity contribution in [2.45, 2.75) is 29.6 Å². The van der Waals surface area contributed by atoms with Gasteiger partial charge in [0, 0.05) is 38.0 Å². The lowest BCUT2D eigenvalue weighted by molar-refractivity contribution is 0.318. The number of hydrogen-bond donors (Lipinski definition) is 0. The van der Waals surface area contributed by atoms with Crippen molar-refractivity contribution in [3.05, 3.63) is 46.4 Å². The highest BCUT2D eigenvalue weighted by molar-refractivity contribution is 7.99. The van der Waals surface area contributed by atoms with Gasteiger partial charge in [0.2, 0.25) is 0 Å². The Balaban J connectivity index is 1.93. The van der Waals surface area contributed by atoms with Crippen LogP contribution >= 0.6 is 46.6 Å². The summed E-state index contributed by atoms with van der Waals surface area (Å²) in [5, 5.41) is 0.931. The van der Waals surface area contributed by atoms with E-state index in [9.17, 15) is 4.21 Å². The van der Waals surface area contributed by atoms with Gasteiger partial charge in [-0.2, -0.15) is 0 Å². The molecule has 8 heteroatoms. The van der Waals surface area contributed by atoms with Crippen LogP contribution in [-0.4, -0.2) is 34.8 Å². The van der Waals surface area contributed by atoms with Gasteiger partial charge in [-0.25, -0.2) is 0 Å². The highest BCUT2D eigenvalue weighted by atomic mass is 35.5. The van der Waals surface area contributed by atoms with Gasteiger partial charge in [0.25, 0.3) is 0 Å². The molecule has 1 atom stereocenters. The third-order valence-electron chi connectivity index (χ3n) is 3.66. The van der Waals surface area contributed by atoms with E-state index >= 15 is 0 Å². The smallest absolute Gasteiger partial charge is 0.156 e. The molecule has 0 aliphatic carbocycles. The predicted octanol–water partition coefficient (Wildman–Crippen LogP) is 6.69. The first-order valence-corrected chi connectivity index (χ1v) is 12.6. The third-order valence-corrected chi connectivity index (χ3v) is 6.86. The van der Waals surface area contributed by atoms with Crippen molar-refractivity contribution >= 4 is 57.4 Å². The minimum absolute atomic E-state index is 0.433. The molecule has 0 aromatic heterocycles. The molecule has 1 unspecified atom stereocenters. The van der Waals surface area contributed by atoms with E-state index in [4.69, 9.17) is 44.3 Å². The number of halogens is 3. The van der Waals surface area contributed by atoms with Crippen molar-refractivity contribution < 1.29 is 13.7 Å². The van der Waals surface area contributed by atoms with E-state index in [0.29, 0.717) is 52.8 Å². The van der Waals surface area contributed by atoms with Crippen LogP contribution in [0.3, 0.4) is 0 Å². The van der Waals surface area contributed by atoms with Crippen molar-refractivity contribution in [3.63, 3.8) is 0 Å². The summed E-state index contributed by atoms with van der Waals surface area (Å²) >= 11 is 19.9. The molecule has 0 amide bonds. The topological polar surface area (TPSA) is 35.5 Å². The van der Waals surface area contributed by atoms with E-state index in [-0.39, 0.29) is 0 Å². The Kier molecular flexibility index (Phi) is 10.9. The lowest BCUT2D eigenvalue weighted by Gasteiger charge is -2.12. The zero-order valence-corrected chi connectivity index (χ0v) is 19.5. The summed E-state index contributed by atoms with van der Waals surface area (Å²) in [6.07, 6.45) is 1.52. The molecule has 0 saturated carbocycles. The molecule has 0 saturated heterocycles. The molecular weight excluding hydrogens is 459 g/mol. The fraction of sp³-hybridized carbons (Fsp3) is 0.400. The first kappa shape index (κ1) is 23.7. The lowest BCUT2D eigenvalue weighted by atomic mass is 10.3. The minimum Gasteiger partial charge on any atom is -0.494 e. The monoisotopic (exact) mass is 480 g/mol. The van der Waals surface area contributed by atoms with Gasteiger partial charge in [0.1, 0.15) is 5.75 Å². The Morgan fingerprint density at radius 1 is 0.964 bits per heavy atom. The van der Waals surface area contributed by atoms with Crippen LogP contribution in [0.4, 0.5) is 0 Å². The Morgan fingerprint density at radius 2 is 1.61 bits per heavy atom. The van der Waals surface area contributed by atoms with E-state index in [1.54, 1.807) is 11.8 Å². The maximum Gasteiger partial charge on any atom is 0.156 e. The highest BCUT2D eigenvalue weighted by Gasteiger charge is 2.11. The molecule has 0 heterocycles. The molecule has 3 nitrogen and oxygen atoms in total.